The number of nitrogens with one attached hydrogen (secondary N) is 1. The summed E-state index contributed by atoms with van der Waals surface area (Å²) in [4.78, 5) is 21.3. The van der Waals surface area contributed by atoms with Crippen LogP contribution in [0, 0.1) is 0 Å². The molecule has 0 aliphatic heterocycles. The van der Waals surface area contributed by atoms with E-state index in [1.807, 2.05) is 0 Å². The quantitative estimate of drug-likeness (QED) is 0.344. The number of nitrogens with zero attached hydrogens (tertiary/aromatic N) is 3. The van der Waals surface area contributed by atoms with Gasteiger partial charge in [-0.05, 0) is 24.3 Å². The zero-order valence-corrected chi connectivity index (χ0v) is 16.3. The van der Waals surface area contributed by atoms with E-state index >= 15 is 0 Å². The summed E-state index contributed by atoms with van der Waals surface area (Å²) in [6.45, 7) is 0. The summed E-state index contributed by atoms with van der Waals surface area (Å²) in [6, 6.07) is 10.2. The lowest BCUT2D eigenvalue weighted by molar-refractivity contribution is -0.138. The summed E-state index contributed by atoms with van der Waals surface area (Å²) in [7, 11) is 2.53. The largest absolute Gasteiger partial charge is 0.505 e. The number of halogens is 3. The molecule has 154 valence electrons. The molecule has 0 aliphatic rings. The Bertz CT molecular complexity index is 960. The summed E-state index contributed by atoms with van der Waals surface area (Å²) >= 11 is 3.90. The summed E-state index contributed by atoms with van der Waals surface area (Å²) in [6.07, 6.45) is -4.85. The molecule has 2 rings (SSSR count). The van der Waals surface area contributed by atoms with Crippen LogP contribution in [0.3, 0.4) is 0 Å². The average Bonchev–Trinajstić information content (AvgIpc) is 2.66. The zero-order valence-electron chi connectivity index (χ0n) is 15.4. The van der Waals surface area contributed by atoms with Crippen LogP contribution in [0.15, 0.2) is 52.4 Å². The highest BCUT2D eigenvalue weighted by atomic mass is 32.1. The van der Waals surface area contributed by atoms with Crippen molar-refractivity contribution in [2.75, 3.05) is 14.1 Å². The number of hydrogen-bond acceptors (Lipinski definition) is 5. The van der Waals surface area contributed by atoms with Crippen LogP contribution < -0.4 is 10.5 Å². The van der Waals surface area contributed by atoms with E-state index in [1.165, 1.54) is 14.1 Å². The van der Waals surface area contributed by atoms with E-state index in [1.54, 1.807) is 30.3 Å². The SMILES string of the molecule is CN(C)C(=O)c1c(C(F)(F)F)ccc(N=C(N)C(=Nc2ccccc2)NS)c1O. The van der Waals surface area contributed by atoms with Crippen molar-refractivity contribution in [1.82, 2.24) is 9.62 Å². The van der Waals surface area contributed by atoms with Crippen molar-refractivity contribution < 1.29 is 23.1 Å². The van der Waals surface area contributed by atoms with Crippen LogP contribution in [0.25, 0.3) is 0 Å². The van der Waals surface area contributed by atoms with Crippen LogP contribution in [0.5, 0.6) is 5.75 Å². The summed E-state index contributed by atoms with van der Waals surface area (Å²) in [5.74, 6) is -2.24. The predicted molar refractivity (Wildman–Crippen MR) is 108 cm³/mol. The number of phenolic OH excluding ortho intramolecular Hbond substituents is 1. The van der Waals surface area contributed by atoms with Gasteiger partial charge in [0.25, 0.3) is 5.91 Å². The van der Waals surface area contributed by atoms with E-state index < -0.39 is 29.0 Å². The molecular formula is C18H18F3N5O2S. The molecule has 29 heavy (non-hydrogen) atoms. The number of carbonyl (C=O) groups excluding carboxylic acids is 1. The van der Waals surface area contributed by atoms with E-state index in [2.05, 4.69) is 27.5 Å². The van der Waals surface area contributed by atoms with E-state index in [9.17, 15) is 23.1 Å². The molecule has 0 radical (unpaired) electrons. The van der Waals surface area contributed by atoms with Gasteiger partial charge in [-0.2, -0.15) is 13.2 Å². The number of nitrogens with two attached hydrogens (primary N) is 1. The van der Waals surface area contributed by atoms with Crippen LogP contribution >= 0.6 is 12.8 Å². The van der Waals surface area contributed by atoms with E-state index in [0.717, 1.165) is 11.0 Å². The fourth-order valence-corrected chi connectivity index (χ4v) is 2.47. The standard InChI is InChI=1S/C18H18F3N5O2S/c1-26(2)17(28)13-11(18(19,20)21)8-9-12(14(13)27)24-15(22)16(25-29)23-10-6-4-3-5-7-10/h3-9,27,29H,1-2H3,(H2,22,24)(H,23,25). The van der Waals surface area contributed by atoms with Gasteiger partial charge in [-0.25, -0.2) is 9.98 Å². The van der Waals surface area contributed by atoms with Crippen LogP contribution in [-0.2, 0) is 6.18 Å². The highest BCUT2D eigenvalue weighted by Crippen LogP contribution is 2.40. The van der Waals surface area contributed by atoms with Crippen molar-refractivity contribution >= 4 is 41.8 Å². The number of benzene rings is 2. The number of alkyl halides is 3. The Kier molecular flexibility index (Phi) is 6.75. The van der Waals surface area contributed by atoms with Crippen molar-refractivity contribution in [3.05, 3.63) is 53.6 Å². The summed E-state index contributed by atoms with van der Waals surface area (Å²) in [5, 5.41) is 10.4. The Balaban J connectivity index is 2.58. The maximum Gasteiger partial charge on any atom is 0.417 e. The van der Waals surface area contributed by atoms with Gasteiger partial charge in [0, 0.05) is 14.1 Å². The third-order valence-corrected chi connectivity index (χ3v) is 3.88. The van der Waals surface area contributed by atoms with Gasteiger partial charge >= 0.3 is 6.18 Å². The third kappa shape index (κ3) is 5.19. The molecule has 11 heteroatoms. The molecule has 0 atom stereocenters. The molecule has 0 saturated heterocycles. The number of amides is 1. The molecule has 0 saturated carbocycles. The first-order valence-corrected chi connectivity index (χ1v) is 8.54. The number of amidine groups is 2. The van der Waals surface area contributed by atoms with Gasteiger partial charge < -0.3 is 20.5 Å². The highest BCUT2D eigenvalue weighted by Gasteiger charge is 2.38. The van der Waals surface area contributed by atoms with Gasteiger partial charge in [-0.3, -0.25) is 4.79 Å². The number of para-hydroxylation sites is 1. The summed E-state index contributed by atoms with van der Waals surface area (Å²) in [5.41, 5.74) is 3.85. The highest BCUT2D eigenvalue weighted by molar-refractivity contribution is 7.78. The lowest BCUT2D eigenvalue weighted by Crippen LogP contribution is -2.31. The molecule has 0 spiro atoms. The molecule has 1 amide bonds. The Morgan fingerprint density at radius 2 is 1.76 bits per heavy atom. The molecule has 7 nitrogen and oxygen atoms in total. The van der Waals surface area contributed by atoms with Crippen molar-refractivity contribution in [3.8, 4) is 5.75 Å². The fourth-order valence-electron chi connectivity index (χ4n) is 2.30. The van der Waals surface area contributed by atoms with Gasteiger partial charge in [-0.15, -0.1) is 0 Å². The average molecular weight is 425 g/mol. The lowest BCUT2D eigenvalue weighted by Gasteiger charge is -2.18. The minimum Gasteiger partial charge on any atom is -0.505 e. The maximum atomic E-state index is 13.3. The van der Waals surface area contributed by atoms with E-state index in [4.69, 9.17) is 5.73 Å². The molecule has 0 heterocycles. The minimum atomic E-state index is -4.85. The van der Waals surface area contributed by atoms with Crippen molar-refractivity contribution in [3.63, 3.8) is 0 Å². The molecule has 2 aromatic rings. The van der Waals surface area contributed by atoms with Crippen LogP contribution in [-0.4, -0.2) is 41.7 Å². The predicted octanol–water partition coefficient (Wildman–Crippen LogP) is 3.27. The number of rotatable bonds is 3. The number of carbonyl (C=O) groups is 1. The molecule has 0 unspecified atom stereocenters. The Hall–Kier alpha value is -3.21. The molecule has 2 aromatic carbocycles. The number of thiol groups is 1. The first kappa shape index (κ1) is 22.1. The number of aliphatic imine (C=N–C) groups is 2. The molecule has 0 fully saturated rings. The third-order valence-electron chi connectivity index (χ3n) is 3.67. The van der Waals surface area contributed by atoms with Crippen molar-refractivity contribution in [1.29, 1.82) is 0 Å². The molecule has 0 aliphatic carbocycles. The van der Waals surface area contributed by atoms with Gasteiger partial charge in [-0.1, -0.05) is 31.0 Å². The first-order valence-electron chi connectivity index (χ1n) is 8.09. The lowest BCUT2D eigenvalue weighted by atomic mass is 10.0. The maximum absolute atomic E-state index is 13.3. The normalized spacial score (nSPS) is 12.6. The fraction of sp³-hybridized carbons (Fsp3) is 0.167. The van der Waals surface area contributed by atoms with Gasteiger partial charge in [0.15, 0.2) is 17.4 Å². The van der Waals surface area contributed by atoms with Crippen LogP contribution in [0.4, 0.5) is 24.5 Å². The Morgan fingerprint density at radius 3 is 2.28 bits per heavy atom. The Morgan fingerprint density at radius 1 is 1.14 bits per heavy atom. The van der Waals surface area contributed by atoms with E-state index in [0.29, 0.717) is 11.8 Å². The van der Waals surface area contributed by atoms with Gasteiger partial charge in [0.1, 0.15) is 5.69 Å². The molecule has 0 bridgehead atoms. The van der Waals surface area contributed by atoms with Gasteiger partial charge in [0.05, 0.1) is 16.8 Å². The van der Waals surface area contributed by atoms with Crippen molar-refractivity contribution in [2.24, 2.45) is 15.7 Å². The zero-order chi connectivity index (χ0) is 21.8. The van der Waals surface area contributed by atoms with Crippen molar-refractivity contribution in [2.45, 2.75) is 6.18 Å². The van der Waals surface area contributed by atoms with Gasteiger partial charge in [0.2, 0.25) is 0 Å². The molecular weight excluding hydrogens is 407 g/mol. The monoisotopic (exact) mass is 425 g/mol. The Labute approximate surface area is 170 Å². The molecule has 4 N–H and O–H groups in total. The number of hydrogen-bond donors (Lipinski definition) is 4. The number of aromatic hydroxyl groups is 1. The first-order chi connectivity index (χ1) is 13.6. The van der Waals surface area contributed by atoms with Crippen LogP contribution in [0.2, 0.25) is 0 Å². The molecule has 0 aromatic heterocycles. The smallest absolute Gasteiger partial charge is 0.417 e. The second-order valence-electron chi connectivity index (χ2n) is 5.96. The second kappa shape index (κ2) is 8.86. The number of phenols is 1. The summed E-state index contributed by atoms with van der Waals surface area (Å²) < 4.78 is 42.3. The second-order valence-corrected chi connectivity index (χ2v) is 6.18. The van der Waals surface area contributed by atoms with Crippen LogP contribution in [0.1, 0.15) is 15.9 Å². The van der Waals surface area contributed by atoms with E-state index in [-0.39, 0.29) is 17.4 Å². The minimum absolute atomic E-state index is 0.000632. The topological polar surface area (TPSA) is 103 Å².